The average Bonchev–Trinajstić information content (AvgIpc) is 2.40. The quantitative estimate of drug-likeness (QED) is 0.373. The van der Waals surface area contributed by atoms with E-state index in [1.54, 1.807) is 12.1 Å². The fourth-order valence-electron chi connectivity index (χ4n) is 1.88. The second-order valence-electron chi connectivity index (χ2n) is 5.14. The summed E-state index contributed by atoms with van der Waals surface area (Å²) in [5.41, 5.74) is 18.0. The number of ether oxygens (including phenoxy) is 1. The number of unbranched alkanes of at least 4 members (excludes halogenated alkanes) is 1. The van der Waals surface area contributed by atoms with Crippen molar-refractivity contribution in [3.63, 3.8) is 0 Å². The third-order valence-electron chi connectivity index (χ3n) is 2.97. The Kier molecular flexibility index (Phi) is 7.22. The number of hydrogen-bond acceptors (Lipinski definition) is 5. The lowest BCUT2D eigenvalue weighted by Gasteiger charge is -2.11. The fourth-order valence-corrected chi connectivity index (χ4v) is 1.88. The van der Waals surface area contributed by atoms with Crippen LogP contribution in [-0.2, 0) is 11.2 Å². The van der Waals surface area contributed by atoms with Gasteiger partial charge in [0.1, 0.15) is 11.8 Å². The van der Waals surface area contributed by atoms with Crippen LogP contribution in [0.4, 0.5) is 0 Å². The van der Waals surface area contributed by atoms with E-state index in [0.29, 0.717) is 18.7 Å². The van der Waals surface area contributed by atoms with Gasteiger partial charge in [0.15, 0.2) is 0 Å². The molecule has 0 aliphatic heterocycles. The summed E-state index contributed by atoms with van der Waals surface area (Å²) < 4.78 is 5.24. The van der Waals surface area contributed by atoms with Crippen molar-refractivity contribution < 1.29 is 9.53 Å². The molecule has 0 bridgehead atoms. The molecule has 0 aliphatic carbocycles. The summed E-state index contributed by atoms with van der Waals surface area (Å²) >= 11 is 0. The number of esters is 1. The highest BCUT2D eigenvalue weighted by atomic mass is 16.5. The zero-order valence-corrected chi connectivity index (χ0v) is 12.0. The minimum atomic E-state index is -0.592. The van der Waals surface area contributed by atoms with Crippen molar-refractivity contribution in [2.45, 2.75) is 44.7 Å². The summed E-state index contributed by atoms with van der Waals surface area (Å²) in [6, 6.07) is 6.87. The van der Waals surface area contributed by atoms with Gasteiger partial charge in [-0.1, -0.05) is 18.6 Å². The molecule has 112 valence electrons. The molecule has 0 radical (unpaired) electrons. The number of carbonyl (C=O) groups is 1. The van der Waals surface area contributed by atoms with Crippen LogP contribution in [0.25, 0.3) is 0 Å². The van der Waals surface area contributed by atoms with Crippen molar-refractivity contribution in [1.29, 1.82) is 0 Å². The van der Waals surface area contributed by atoms with Gasteiger partial charge in [-0.25, -0.2) is 4.79 Å². The smallest absolute Gasteiger partial charge is 0.328 e. The van der Waals surface area contributed by atoms with E-state index in [0.717, 1.165) is 24.8 Å². The van der Waals surface area contributed by atoms with Gasteiger partial charge < -0.3 is 21.9 Å². The first-order valence-electron chi connectivity index (χ1n) is 7.04. The Bertz CT molecular complexity index is 404. The Balaban J connectivity index is 2.45. The van der Waals surface area contributed by atoms with Crippen LogP contribution in [0.1, 0.15) is 31.7 Å². The minimum Gasteiger partial charge on any atom is -0.425 e. The molecule has 1 aromatic rings. The summed E-state index contributed by atoms with van der Waals surface area (Å²) in [6.45, 7) is 2.57. The maximum Gasteiger partial charge on any atom is 0.328 e. The number of benzene rings is 1. The van der Waals surface area contributed by atoms with E-state index in [4.69, 9.17) is 21.9 Å². The van der Waals surface area contributed by atoms with Crippen molar-refractivity contribution in [2.24, 2.45) is 17.2 Å². The third kappa shape index (κ3) is 6.14. The molecule has 0 heterocycles. The van der Waals surface area contributed by atoms with E-state index in [9.17, 15) is 4.79 Å². The molecule has 1 rings (SSSR count). The fraction of sp³-hybridized carbons (Fsp3) is 0.533. The van der Waals surface area contributed by atoms with Crippen LogP contribution < -0.4 is 21.9 Å². The Morgan fingerprint density at radius 1 is 1.20 bits per heavy atom. The standard InChI is InChI=1S/C15H25N3O2/c1-11(17)10-12-5-7-13(8-6-12)20-15(19)14(18)4-2-3-9-16/h5-8,11,14H,2-4,9-10,16-18H2,1H3/t11-,14+/m1/s1. The molecular weight excluding hydrogens is 254 g/mol. The summed E-state index contributed by atoms with van der Waals surface area (Å²) in [5.74, 6) is 0.111. The van der Waals surface area contributed by atoms with Crippen LogP contribution in [-0.4, -0.2) is 24.6 Å². The molecule has 2 atom stereocenters. The first kappa shape index (κ1) is 16.6. The molecule has 0 saturated carbocycles. The second kappa shape index (κ2) is 8.68. The molecule has 0 unspecified atom stereocenters. The summed E-state index contributed by atoms with van der Waals surface area (Å²) in [6.07, 6.45) is 3.10. The molecule has 1 aromatic carbocycles. The zero-order chi connectivity index (χ0) is 15.0. The SMILES string of the molecule is C[C@@H](N)Cc1ccc(OC(=O)[C@@H](N)CCCCN)cc1. The van der Waals surface area contributed by atoms with Crippen LogP contribution in [0.5, 0.6) is 5.75 Å². The molecule has 0 saturated heterocycles. The van der Waals surface area contributed by atoms with Gasteiger partial charge in [0.25, 0.3) is 0 Å². The molecule has 0 fully saturated rings. The predicted molar refractivity (Wildman–Crippen MR) is 80.3 cm³/mol. The van der Waals surface area contributed by atoms with E-state index in [1.807, 2.05) is 19.1 Å². The normalized spacial score (nSPS) is 13.8. The van der Waals surface area contributed by atoms with Crippen molar-refractivity contribution >= 4 is 5.97 Å². The van der Waals surface area contributed by atoms with Gasteiger partial charge in [-0.3, -0.25) is 0 Å². The zero-order valence-electron chi connectivity index (χ0n) is 12.0. The molecule has 5 nitrogen and oxygen atoms in total. The predicted octanol–water partition coefficient (Wildman–Crippen LogP) is 0.938. The molecule has 0 aliphatic rings. The van der Waals surface area contributed by atoms with E-state index in [1.165, 1.54) is 0 Å². The van der Waals surface area contributed by atoms with Crippen molar-refractivity contribution in [3.05, 3.63) is 29.8 Å². The lowest BCUT2D eigenvalue weighted by Crippen LogP contribution is -2.34. The molecule has 20 heavy (non-hydrogen) atoms. The first-order chi connectivity index (χ1) is 9.52. The van der Waals surface area contributed by atoms with E-state index in [2.05, 4.69) is 0 Å². The molecule has 5 heteroatoms. The van der Waals surface area contributed by atoms with Crippen molar-refractivity contribution in [3.8, 4) is 5.75 Å². The minimum absolute atomic E-state index is 0.111. The lowest BCUT2D eigenvalue weighted by atomic mass is 10.1. The molecule has 0 aromatic heterocycles. The van der Waals surface area contributed by atoms with Crippen molar-refractivity contribution in [2.75, 3.05) is 6.54 Å². The molecular formula is C15H25N3O2. The van der Waals surface area contributed by atoms with Gasteiger partial charge in [-0.05, 0) is 50.4 Å². The topological polar surface area (TPSA) is 104 Å². The van der Waals surface area contributed by atoms with E-state index < -0.39 is 12.0 Å². The maximum atomic E-state index is 11.8. The van der Waals surface area contributed by atoms with Crippen LogP contribution in [0.2, 0.25) is 0 Å². The number of hydrogen-bond donors (Lipinski definition) is 3. The Labute approximate surface area is 120 Å². The van der Waals surface area contributed by atoms with Gasteiger partial charge in [0.2, 0.25) is 0 Å². The summed E-state index contributed by atoms with van der Waals surface area (Å²) in [5, 5.41) is 0. The van der Waals surface area contributed by atoms with E-state index in [-0.39, 0.29) is 6.04 Å². The Morgan fingerprint density at radius 2 is 1.85 bits per heavy atom. The highest BCUT2D eigenvalue weighted by Gasteiger charge is 2.15. The number of rotatable bonds is 8. The average molecular weight is 279 g/mol. The maximum absolute atomic E-state index is 11.8. The third-order valence-corrected chi connectivity index (χ3v) is 2.97. The monoisotopic (exact) mass is 279 g/mol. The Hall–Kier alpha value is -1.43. The van der Waals surface area contributed by atoms with Crippen LogP contribution in [0.3, 0.4) is 0 Å². The van der Waals surface area contributed by atoms with Crippen LogP contribution >= 0.6 is 0 Å². The molecule has 0 spiro atoms. The first-order valence-corrected chi connectivity index (χ1v) is 7.04. The van der Waals surface area contributed by atoms with Crippen LogP contribution in [0.15, 0.2) is 24.3 Å². The van der Waals surface area contributed by atoms with Gasteiger partial charge in [-0.2, -0.15) is 0 Å². The summed E-state index contributed by atoms with van der Waals surface area (Å²) in [7, 11) is 0. The number of carbonyl (C=O) groups excluding carboxylic acids is 1. The molecule has 6 N–H and O–H groups in total. The van der Waals surface area contributed by atoms with Gasteiger partial charge in [0.05, 0.1) is 0 Å². The lowest BCUT2D eigenvalue weighted by molar-refractivity contribution is -0.136. The highest BCUT2D eigenvalue weighted by molar-refractivity contribution is 5.77. The van der Waals surface area contributed by atoms with Gasteiger partial charge in [-0.15, -0.1) is 0 Å². The van der Waals surface area contributed by atoms with E-state index >= 15 is 0 Å². The largest absolute Gasteiger partial charge is 0.425 e. The highest BCUT2D eigenvalue weighted by Crippen LogP contribution is 2.14. The molecule has 0 amide bonds. The van der Waals surface area contributed by atoms with Crippen molar-refractivity contribution in [1.82, 2.24) is 0 Å². The van der Waals surface area contributed by atoms with Crippen LogP contribution in [0, 0.1) is 0 Å². The second-order valence-corrected chi connectivity index (χ2v) is 5.14. The van der Waals surface area contributed by atoms with Gasteiger partial charge in [0, 0.05) is 6.04 Å². The Morgan fingerprint density at radius 3 is 2.40 bits per heavy atom. The van der Waals surface area contributed by atoms with Gasteiger partial charge >= 0.3 is 5.97 Å². The number of nitrogens with two attached hydrogens (primary N) is 3. The summed E-state index contributed by atoms with van der Waals surface area (Å²) in [4.78, 5) is 11.8.